The number of methoxy groups -OCH3 is 2. The van der Waals surface area contributed by atoms with E-state index in [0.29, 0.717) is 23.6 Å². The van der Waals surface area contributed by atoms with Crippen molar-refractivity contribution in [2.24, 2.45) is 5.10 Å². The highest BCUT2D eigenvalue weighted by Gasteiger charge is 2.33. The molecule has 0 saturated heterocycles. The Morgan fingerprint density at radius 3 is 2.51 bits per heavy atom. The van der Waals surface area contributed by atoms with Gasteiger partial charge < -0.3 is 9.47 Å². The number of hydrogen-bond donors (Lipinski definition) is 0. The van der Waals surface area contributed by atoms with E-state index >= 15 is 0 Å². The summed E-state index contributed by atoms with van der Waals surface area (Å²) in [6.07, 6.45) is 0.601. The number of benzene rings is 2. The predicted octanol–water partition coefficient (Wildman–Crippen LogP) is 4.68. The van der Waals surface area contributed by atoms with Crippen molar-refractivity contribution in [1.82, 2.24) is 14.8 Å². The van der Waals surface area contributed by atoms with E-state index in [-0.39, 0.29) is 24.1 Å². The van der Waals surface area contributed by atoms with Crippen LogP contribution in [-0.4, -0.2) is 40.6 Å². The van der Waals surface area contributed by atoms with Gasteiger partial charge in [-0.1, -0.05) is 35.9 Å². The second-order valence-corrected chi connectivity index (χ2v) is 9.62. The lowest BCUT2D eigenvalue weighted by molar-refractivity contribution is -0.133. The maximum absolute atomic E-state index is 13.6. The van der Waals surface area contributed by atoms with E-state index < -0.39 is 0 Å². The van der Waals surface area contributed by atoms with Crippen molar-refractivity contribution in [3.8, 4) is 22.8 Å². The first-order valence-corrected chi connectivity index (χ1v) is 12.7. The summed E-state index contributed by atoms with van der Waals surface area (Å²) >= 11 is 1.59. The Morgan fingerprint density at radius 2 is 1.81 bits per heavy atom. The molecule has 5 rings (SSSR count). The Balaban J connectivity index is 1.45. The van der Waals surface area contributed by atoms with Crippen LogP contribution in [0.15, 0.2) is 82.0 Å². The number of thiophene rings is 1. The van der Waals surface area contributed by atoms with E-state index in [2.05, 4.69) is 5.10 Å². The monoisotopic (exact) mass is 514 g/mol. The Hall–Kier alpha value is -4.24. The summed E-state index contributed by atoms with van der Waals surface area (Å²) in [5.41, 5.74) is 3.89. The molecular formula is C28H26N4O4S. The largest absolute Gasteiger partial charge is 0.493 e. The lowest BCUT2D eigenvalue weighted by atomic mass is 10.00. The summed E-state index contributed by atoms with van der Waals surface area (Å²) in [6, 6.07) is 20.2. The summed E-state index contributed by atoms with van der Waals surface area (Å²) in [5.74, 6) is 0.825. The first kappa shape index (κ1) is 24.5. The smallest absolute Gasteiger partial charge is 0.267 e. The van der Waals surface area contributed by atoms with Crippen LogP contribution in [0.4, 0.5) is 0 Å². The van der Waals surface area contributed by atoms with E-state index in [1.165, 1.54) is 15.8 Å². The van der Waals surface area contributed by atoms with Crippen molar-refractivity contribution in [2.75, 3.05) is 14.2 Å². The molecule has 9 heteroatoms. The first-order valence-electron chi connectivity index (χ1n) is 11.8. The lowest BCUT2D eigenvalue weighted by Gasteiger charge is -2.22. The van der Waals surface area contributed by atoms with Gasteiger partial charge in [0.05, 0.1) is 36.5 Å². The zero-order chi connectivity index (χ0) is 25.9. The maximum Gasteiger partial charge on any atom is 0.267 e. The molecule has 1 atom stereocenters. The molecule has 0 fully saturated rings. The van der Waals surface area contributed by atoms with E-state index in [0.717, 1.165) is 27.3 Å². The van der Waals surface area contributed by atoms with E-state index in [9.17, 15) is 9.59 Å². The number of hydrogen-bond acceptors (Lipinski definition) is 7. The number of amides is 1. The molecule has 1 unspecified atom stereocenters. The van der Waals surface area contributed by atoms with Crippen LogP contribution in [-0.2, 0) is 11.3 Å². The molecule has 0 saturated carbocycles. The minimum atomic E-state index is -0.369. The number of carbonyl (C=O) groups excluding carboxylic acids is 1. The van der Waals surface area contributed by atoms with Crippen LogP contribution in [0.1, 0.15) is 28.5 Å². The van der Waals surface area contributed by atoms with E-state index in [1.807, 2.05) is 54.8 Å². The molecule has 0 aliphatic carbocycles. The van der Waals surface area contributed by atoms with Gasteiger partial charge in [-0.25, -0.2) is 9.69 Å². The van der Waals surface area contributed by atoms with Crippen LogP contribution < -0.4 is 15.0 Å². The van der Waals surface area contributed by atoms with Gasteiger partial charge in [0.1, 0.15) is 6.54 Å². The standard InChI is InChI=1S/C28H26N4O4S/c1-18-6-8-19(9-7-18)23-16-22(26-5-4-14-37-26)30-32(23)28(34)17-31-27(33)13-11-21(29-31)20-10-12-24(35-2)25(15-20)36-3/h4-15,23H,16-17H2,1-3H3. The maximum atomic E-state index is 13.6. The third-order valence-corrected chi connectivity index (χ3v) is 7.18. The van der Waals surface area contributed by atoms with Crippen molar-refractivity contribution in [3.05, 3.63) is 98.5 Å². The average Bonchev–Trinajstić information content (AvgIpc) is 3.60. The molecule has 8 nitrogen and oxygen atoms in total. The molecule has 1 amide bonds. The Bertz CT molecular complexity index is 1510. The lowest BCUT2D eigenvalue weighted by Crippen LogP contribution is -2.34. The highest BCUT2D eigenvalue weighted by Crippen LogP contribution is 2.34. The SMILES string of the molecule is COc1ccc(-c2ccc(=O)n(CC(=O)N3N=C(c4cccs4)CC3c3ccc(C)cc3)n2)cc1OC. The summed E-state index contributed by atoms with van der Waals surface area (Å²) in [6.45, 7) is 1.79. The Kier molecular flexibility index (Phi) is 6.87. The van der Waals surface area contributed by atoms with Crippen molar-refractivity contribution >= 4 is 23.0 Å². The molecular weight excluding hydrogens is 488 g/mol. The topological polar surface area (TPSA) is 86.0 Å². The number of aromatic nitrogens is 2. The predicted molar refractivity (Wildman–Crippen MR) is 143 cm³/mol. The number of nitrogens with zero attached hydrogens (tertiary/aromatic N) is 4. The fraction of sp³-hybridized carbons (Fsp3) is 0.214. The third kappa shape index (κ3) is 5.03. The fourth-order valence-corrected chi connectivity index (χ4v) is 5.01. The molecule has 0 N–H and O–H groups in total. The second-order valence-electron chi connectivity index (χ2n) is 8.68. The van der Waals surface area contributed by atoms with Gasteiger partial charge in [0.25, 0.3) is 11.5 Å². The van der Waals surface area contributed by atoms with Gasteiger partial charge in [0.15, 0.2) is 11.5 Å². The molecule has 37 heavy (non-hydrogen) atoms. The number of ether oxygens (including phenoxy) is 2. The number of aryl methyl sites for hydroxylation is 1. The number of hydrazone groups is 1. The van der Waals surface area contributed by atoms with Crippen LogP contribution in [0.25, 0.3) is 11.3 Å². The van der Waals surface area contributed by atoms with Gasteiger partial charge in [0.2, 0.25) is 0 Å². The first-order chi connectivity index (χ1) is 18.0. The van der Waals surface area contributed by atoms with E-state index in [1.54, 1.807) is 43.8 Å². The molecule has 1 aliphatic heterocycles. The Labute approximate surface area is 218 Å². The summed E-state index contributed by atoms with van der Waals surface area (Å²) < 4.78 is 11.9. The van der Waals surface area contributed by atoms with Gasteiger partial charge in [-0.05, 0) is 48.2 Å². The minimum Gasteiger partial charge on any atom is -0.493 e. The average molecular weight is 515 g/mol. The van der Waals surface area contributed by atoms with Crippen LogP contribution in [0.5, 0.6) is 11.5 Å². The normalized spacial score (nSPS) is 14.9. The van der Waals surface area contributed by atoms with Crippen LogP contribution >= 0.6 is 11.3 Å². The molecule has 2 aromatic heterocycles. The van der Waals surface area contributed by atoms with Crippen LogP contribution in [0.2, 0.25) is 0 Å². The summed E-state index contributed by atoms with van der Waals surface area (Å²) in [5, 5.41) is 12.7. The van der Waals surface area contributed by atoms with Crippen molar-refractivity contribution in [3.63, 3.8) is 0 Å². The van der Waals surface area contributed by atoms with Gasteiger partial charge in [0, 0.05) is 18.1 Å². The van der Waals surface area contributed by atoms with E-state index in [4.69, 9.17) is 14.6 Å². The Morgan fingerprint density at radius 1 is 1.03 bits per heavy atom. The quantitative estimate of drug-likeness (QED) is 0.358. The third-order valence-electron chi connectivity index (χ3n) is 6.26. The molecule has 0 bridgehead atoms. The van der Waals surface area contributed by atoms with Gasteiger partial charge in [-0.15, -0.1) is 11.3 Å². The van der Waals surface area contributed by atoms with Crippen molar-refractivity contribution in [2.45, 2.75) is 25.9 Å². The zero-order valence-corrected chi connectivity index (χ0v) is 21.6. The summed E-state index contributed by atoms with van der Waals surface area (Å²) in [7, 11) is 3.12. The number of rotatable bonds is 7. The second kappa shape index (κ2) is 10.4. The molecule has 188 valence electrons. The fourth-order valence-electron chi connectivity index (χ4n) is 4.29. The highest BCUT2D eigenvalue weighted by molar-refractivity contribution is 7.12. The molecule has 0 radical (unpaired) electrons. The number of carbonyl (C=O) groups is 1. The zero-order valence-electron chi connectivity index (χ0n) is 20.7. The van der Waals surface area contributed by atoms with Crippen molar-refractivity contribution < 1.29 is 14.3 Å². The van der Waals surface area contributed by atoms with Gasteiger partial charge in [-0.3, -0.25) is 9.59 Å². The van der Waals surface area contributed by atoms with Crippen LogP contribution in [0, 0.1) is 6.92 Å². The van der Waals surface area contributed by atoms with Gasteiger partial charge in [-0.2, -0.15) is 10.2 Å². The van der Waals surface area contributed by atoms with Crippen molar-refractivity contribution in [1.29, 1.82) is 0 Å². The van der Waals surface area contributed by atoms with Gasteiger partial charge >= 0.3 is 0 Å². The highest BCUT2D eigenvalue weighted by atomic mass is 32.1. The molecule has 3 heterocycles. The molecule has 4 aromatic rings. The minimum absolute atomic E-state index is 0.233. The van der Waals surface area contributed by atoms with Crippen LogP contribution in [0.3, 0.4) is 0 Å². The molecule has 1 aliphatic rings. The molecule has 0 spiro atoms. The summed E-state index contributed by atoms with van der Waals surface area (Å²) in [4.78, 5) is 27.2. The molecule has 2 aromatic carbocycles.